The smallest absolute Gasteiger partial charge is 0.252 e. The third-order valence-electron chi connectivity index (χ3n) is 7.82. The number of carbonyl (C=O) groups excluding carboxylic acids is 2. The maximum atomic E-state index is 12.7. The lowest BCUT2D eigenvalue weighted by Crippen LogP contribution is -2.30. The third kappa shape index (κ3) is 20.6. The quantitative estimate of drug-likeness (QED) is 0.0766. The number of hydrogen-bond donors (Lipinski definition) is 4. The second-order valence-corrected chi connectivity index (χ2v) is 11.7. The summed E-state index contributed by atoms with van der Waals surface area (Å²) < 4.78 is 0. The largest absolute Gasteiger partial charge is 0.392 e. The molecule has 6 heteroatoms. The molecule has 41 heavy (non-hydrogen) atoms. The highest BCUT2D eigenvalue weighted by molar-refractivity contribution is 6.07. The van der Waals surface area contributed by atoms with Crippen molar-refractivity contribution in [3.63, 3.8) is 0 Å². The standard InChI is InChI=1S/C35H63N3O3/c1-3-5-7-9-15-21-27-36-30-31(39)24-18-14-12-11-13-17-23-29-38-35(41)33-26-20-19-25-32(33)34(40)37-28-22-16-10-8-6-4-2/h19-20,25-26,31,36,39H,3-18,21-24,27-30H2,1-2H3,(H,37,40)(H,38,41). The fourth-order valence-corrected chi connectivity index (χ4v) is 5.17. The Labute approximate surface area is 252 Å². The number of carbonyl (C=O) groups is 2. The Morgan fingerprint density at radius 2 is 0.976 bits per heavy atom. The van der Waals surface area contributed by atoms with E-state index in [1.165, 1.54) is 83.5 Å². The van der Waals surface area contributed by atoms with Crippen molar-refractivity contribution in [3.8, 4) is 0 Å². The van der Waals surface area contributed by atoms with Gasteiger partial charge in [-0.15, -0.1) is 0 Å². The number of rotatable bonds is 28. The van der Waals surface area contributed by atoms with Gasteiger partial charge in [0, 0.05) is 19.6 Å². The van der Waals surface area contributed by atoms with Crippen LogP contribution in [0.2, 0.25) is 0 Å². The molecule has 0 fully saturated rings. The molecule has 0 bridgehead atoms. The van der Waals surface area contributed by atoms with E-state index in [-0.39, 0.29) is 17.9 Å². The Balaban J connectivity index is 2.04. The predicted octanol–water partition coefficient (Wildman–Crippen LogP) is 7.94. The minimum absolute atomic E-state index is 0.166. The zero-order chi connectivity index (χ0) is 29.8. The van der Waals surface area contributed by atoms with E-state index in [4.69, 9.17) is 0 Å². The summed E-state index contributed by atoms with van der Waals surface area (Å²) in [6, 6.07) is 7.09. The van der Waals surface area contributed by atoms with Gasteiger partial charge in [-0.2, -0.15) is 0 Å². The summed E-state index contributed by atoms with van der Waals surface area (Å²) in [6.45, 7) is 7.47. The number of nitrogens with one attached hydrogen (secondary N) is 3. The van der Waals surface area contributed by atoms with Crippen molar-refractivity contribution in [1.82, 2.24) is 16.0 Å². The molecule has 2 amide bonds. The number of amides is 2. The minimum atomic E-state index is -0.227. The van der Waals surface area contributed by atoms with Crippen LogP contribution in [0.5, 0.6) is 0 Å². The number of aliphatic hydroxyl groups is 1. The van der Waals surface area contributed by atoms with Gasteiger partial charge in [-0.3, -0.25) is 9.59 Å². The molecule has 0 aliphatic heterocycles. The van der Waals surface area contributed by atoms with Gasteiger partial charge in [-0.05, 0) is 44.4 Å². The Kier molecular flexibility index (Phi) is 24.4. The van der Waals surface area contributed by atoms with Crippen LogP contribution in [-0.4, -0.2) is 49.2 Å². The molecular formula is C35H63N3O3. The van der Waals surface area contributed by atoms with Gasteiger partial charge in [0.25, 0.3) is 11.8 Å². The van der Waals surface area contributed by atoms with Crippen LogP contribution in [0.25, 0.3) is 0 Å². The normalized spacial score (nSPS) is 11.9. The van der Waals surface area contributed by atoms with Crippen LogP contribution in [0.4, 0.5) is 0 Å². The lowest BCUT2D eigenvalue weighted by Gasteiger charge is -2.12. The van der Waals surface area contributed by atoms with E-state index >= 15 is 0 Å². The molecule has 1 unspecified atom stereocenters. The Morgan fingerprint density at radius 3 is 1.44 bits per heavy atom. The topological polar surface area (TPSA) is 90.5 Å². The molecule has 1 rings (SSSR count). The first-order chi connectivity index (χ1) is 20.1. The molecule has 6 nitrogen and oxygen atoms in total. The van der Waals surface area contributed by atoms with Crippen molar-refractivity contribution in [1.29, 1.82) is 0 Å². The van der Waals surface area contributed by atoms with Crippen LogP contribution in [-0.2, 0) is 0 Å². The monoisotopic (exact) mass is 573 g/mol. The molecule has 1 aromatic carbocycles. The molecule has 236 valence electrons. The maximum Gasteiger partial charge on any atom is 0.252 e. The second kappa shape index (κ2) is 26.9. The zero-order valence-corrected chi connectivity index (χ0v) is 26.6. The summed E-state index contributed by atoms with van der Waals surface area (Å²) in [5, 5.41) is 19.5. The maximum absolute atomic E-state index is 12.7. The van der Waals surface area contributed by atoms with Gasteiger partial charge in [0.15, 0.2) is 0 Å². The van der Waals surface area contributed by atoms with E-state index in [2.05, 4.69) is 29.8 Å². The van der Waals surface area contributed by atoms with Crippen molar-refractivity contribution in [2.75, 3.05) is 26.2 Å². The summed E-state index contributed by atoms with van der Waals surface area (Å²) in [6.07, 6.45) is 23.4. The number of hydrogen-bond acceptors (Lipinski definition) is 4. The van der Waals surface area contributed by atoms with E-state index < -0.39 is 0 Å². The molecule has 0 saturated heterocycles. The highest BCUT2D eigenvalue weighted by Crippen LogP contribution is 2.12. The summed E-state index contributed by atoms with van der Waals surface area (Å²) in [7, 11) is 0. The number of benzene rings is 1. The Bertz CT molecular complexity index is 771. The predicted molar refractivity (Wildman–Crippen MR) is 174 cm³/mol. The summed E-state index contributed by atoms with van der Waals surface area (Å²) >= 11 is 0. The van der Waals surface area contributed by atoms with E-state index in [1.54, 1.807) is 12.1 Å². The Hall–Kier alpha value is -1.92. The van der Waals surface area contributed by atoms with Gasteiger partial charge < -0.3 is 21.1 Å². The van der Waals surface area contributed by atoms with E-state index in [0.717, 1.165) is 58.0 Å². The molecule has 0 saturated carbocycles. The van der Waals surface area contributed by atoms with Crippen LogP contribution in [0.15, 0.2) is 24.3 Å². The van der Waals surface area contributed by atoms with Crippen molar-refractivity contribution in [3.05, 3.63) is 35.4 Å². The van der Waals surface area contributed by atoms with Crippen LogP contribution in [0, 0.1) is 0 Å². The Morgan fingerprint density at radius 1 is 0.585 bits per heavy atom. The average Bonchev–Trinajstić information content (AvgIpc) is 2.98. The summed E-state index contributed by atoms with van der Waals surface area (Å²) in [5.41, 5.74) is 0.905. The minimum Gasteiger partial charge on any atom is -0.392 e. The van der Waals surface area contributed by atoms with Gasteiger partial charge >= 0.3 is 0 Å². The SMILES string of the molecule is CCCCCCCCNCC(O)CCCCCCCCCNC(=O)c1ccccc1C(=O)NCCCCCCCC. The number of aliphatic hydroxyl groups excluding tert-OH is 1. The molecule has 0 heterocycles. The first-order valence-corrected chi connectivity index (χ1v) is 17.1. The zero-order valence-electron chi connectivity index (χ0n) is 26.6. The van der Waals surface area contributed by atoms with Gasteiger partial charge in [0.05, 0.1) is 17.2 Å². The van der Waals surface area contributed by atoms with E-state index in [0.29, 0.717) is 24.2 Å². The lowest BCUT2D eigenvalue weighted by molar-refractivity contribution is 0.0918. The second-order valence-electron chi connectivity index (χ2n) is 11.7. The summed E-state index contributed by atoms with van der Waals surface area (Å²) in [5.74, 6) is -0.336. The first kappa shape index (κ1) is 37.1. The van der Waals surface area contributed by atoms with Crippen molar-refractivity contribution < 1.29 is 14.7 Å². The first-order valence-electron chi connectivity index (χ1n) is 17.1. The molecular weight excluding hydrogens is 510 g/mol. The molecule has 0 aliphatic carbocycles. The molecule has 0 aromatic heterocycles. The van der Waals surface area contributed by atoms with Crippen molar-refractivity contribution >= 4 is 11.8 Å². The van der Waals surface area contributed by atoms with Crippen LogP contribution in [0.3, 0.4) is 0 Å². The third-order valence-corrected chi connectivity index (χ3v) is 7.82. The molecule has 1 atom stereocenters. The van der Waals surface area contributed by atoms with Crippen LogP contribution < -0.4 is 16.0 Å². The lowest BCUT2D eigenvalue weighted by atomic mass is 10.1. The van der Waals surface area contributed by atoms with E-state index in [9.17, 15) is 14.7 Å². The fourth-order valence-electron chi connectivity index (χ4n) is 5.17. The number of unbranched alkanes of at least 4 members (excludes halogenated alkanes) is 16. The van der Waals surface area contributed by atoms with Crippen LogP contribution >= 0.6 is 0 Å². The van der Waals surface area contributed by atoms with Crippen molar-refractivity contribution in [2.24, 2.45) is 0 Å². The summed E-state index contributed by atoms with van der Waals surface area (Å²) in [4.78, 5) is 25.4. The van der Waals surface area contributed by atoms with E-state index in [1.807, 2.05) is 12.1 Å². The van der Waals surface area contributed by atoms with Crippen molar-refractivity contribution in [2.45, 2.75) is 148 Å². The highest BCUT2D eigenvalue weighted by atomic mass is 16.3. The molecule has 0 aliphatic rings. The molecule has 0 spiro atoms. The molecule has 1 aromatic rings. The average molecular weight is 574 g/mol. The molecule has 4 N–H and O–H groups in total. The fraction of sp³-hybridized carbons (Fsp3) is 0.771. The van der Waals surface area contributed by atoms with Crippen LogP contribution in [0.1, 0.15) is 163 Å². The molecule has 0 radical (unpaired) electrons. The highest BCUT2D eigenvalue weighted by Gasteiger charge is 2.16. The van der Waals surface area contributed by atoms with Gasteiger partial charge in [-0.25, -0.2) is 0 Å². The van der Waals surface area contributed by atoms with Gasteiger partial charge in [-0.1, -0.05) is 129 Å². The van der Waals surface area contributed by atoms with Gasteiger partial charge in [0.1, 0.15) is 0 Å². The van der Waals surface area contributed by atoms with Gasteiger partial charge in [0.2, 0.25) is 0 Å².